The van der Waals surface area contributed by atoms with E-state index >= 15 is 0 Å². The summed E-state index contributed by atoms with van der Waals surface area (Å²) in [5.74, 6) is 0.402. The van der Waals surface area contributed by atoms with Crippen molar-refractivity contribution in [3.63, 3.8) is 0 Å². The highest BCUT2D eigenvalue weighted by atomic mass is 16.5. The molecule has 3 aromatic rings. The van der Waals surface area contributed by atoms with Gasteiger partial charge < -0.3 is 5.73 Å². The molecule has 3 N–H and O–H groups in total. The molecule has 3 heteroatoms. The second-order valence-electron chi connectivity index (χ2n) is 5.73. The summed E-state index contributed by atoms with van der Waals surface area (Å²) in [5.41, 5.74) is 10.1. The topological polar surface area (TPSA) is 53.3 Å². The Kier molecular flexibility index (Phi) is 3.26. The quantitative estimate of drug-likeness (QED) is 0.795. The molecule has 21 heavy (non-hydrogen) atoms. The SMILES string of the molecule is CC(C)(c1ccc(-c2ccccc2)cc1)c1cc(N)o[nH+]1. The van der Waals surface area contributed by atoms with Gasteiger partial charge in [0.25, 0.3) is 5.88 Å². The number of nitrogen functional groups attached to an aromatic ring is 1. The van der Waals surface area contributed by atoms with Gasteiger partial charge in [-0.15, -0.1) is 0 Å². The zero-order chi connectivity index (χ0) is 14.9. The molecule has 0 spiro atoms. The fourth-order valence-electron chi connectivity index (χ4n) is 2.49. The van der Waals surface area contributed by atoms with E-state index in [1.807, 2.05) is 12.1 Å². The molecule has 0 aliphatic heterocycles. The Hall–Kier alpha value is -2.55. The number of nitrogens with one attached hydrogen (secondary N) is 1. The van der Waals surface area contributed by atoms with Gasteiger partial charge in [0.05, 0.1) is 11.5 Å². The average Bonchev–Trinajstić information content (AvgIpc) is 2.96. The number of rotatable bonds is 3. The van der Waals surface area contributed by atoms with Crippen LogP contribution in [0.25, 0.3) is 11.1 Å². The van der Waals surface area contributed by atoms with Crippen LogP contribution in [0.3, 0.4) is 0 Å². The van der Waals surface area contributed by atoms with Gasteiger partial charge in [-0.25, -0.2) is 4.52 Å². The number of hydrogen-bond donors (Lipinski definition) is 1. The molecule has 0 saturated carbocycles. The monoisotopic (exact) mass is 279 g/mol. The van der Waals surface area contributed by atoms with Crippen molar-refractivity contribution >= 4 is 5.88 Å². The minimum atomic E-state index is -0.184. The van der Waals surface area contributed by atoms with Crippen molar-refractivity contribution in [1.29, 1.82) is 0 Å². The van der Waals surface area contributed by atoms with E-state index in [2.05, 4.69) is 67.5 Å². The first-order chi connectivity index (χ1) is 10.1. The zero-order valence-corrected chi connectivity index (χ0v) is 12.3. The lowest BCUT2D eigenvalue weighted by Gasteiger charge is -2.19. The summed E-state index contributed by atoms with van der Waals surface area (Å²) in [6.07, 6.45) is 0. The molecule has 106 valence electrons. The first-order valence-electron chi connectivity index (χ1n) is 7.01. The number of nitrogens with two attached hydrogens (primary N) is 1. The van der Waals surface area contributed by atoms with E-state index in [9.17, 15) is 0 Å². The average molecular weight is 279 g/mol. The summed E-state index contributed by atoms with van der Waals surface area (Å²) >= 11 is 0. The minimum absolute atomic E-state index is 0.184. The highest BCUT2D eigenvalue weighted by Gasteiger charge is 2.31. The lowest BCUT2D eigenvalue weighted by Crippen LogP contribution is -2.25. The van der Waals surface area contributed by atoms with Crippen molar-refractivity contribution in [3.8, 4) is 11.1 Å². The van der Waals surface area contributed by atoms with Crippen LogP contribution in [-0.2, 0) is 5.41 Å². The molecule has 0 unspecified atom stereocenters. The van der Waals surface area contributed by atoms with Gasteiger partial charge in [-0.1, -0.05) is 54.6 Å². The van der Waals surface area contributed by atoms with E-state index in [1.165, 1.54) is 16.7 Å². The van der Waals surface area contributed by atoms with Gasteiger partial charge in [0, 0.05) is 0 Å². The summed E-state index contributed by atoms with van der Waals surface area (Å²) in [6.45, 7) is 4.29. The van der Waals surface area contributed by atoms with Gasteiger partial charge in [-0.2, -0.15) is 0 Å². The van der Waals surface area contributed by atoms with E-state index in [0.717, 1.165) is 5.69 Å². The fraction of sp³-hybridized carbons (Fsp3) is 0.167. The van der Waals surface area contributed by atoms with E-state index in [-0.39, 0.29) is 5.41 Å². The zero-order valence-electron chi connectivity index (χ0n) is 12.3. The number of H-pyrrole nitrogens is 1. The third kappa shape index (κ3) is 2.55. The highest BCUT2D eigenvalue weighted by Crippen LogP contribution is 2.31. The molecule has 0 aliphatic carbocycles. The van der Waals surface area contributed by atoms with Crippen LogP contribution in [0.15, 0.2) is 65.2 Å². The van der Waals surface area contributed by atoms with E-state index < -0.39 is 0 Å². The predicted octanol–water partition coefficient (Wildman–Crippen LogP) is 3.67. The number of aromatic amines is 1. The molecule has 0 fully saturated rings. The molecule has 2 aromatic carbocycles. The summed E-state index contributed by atoms with van der Waals surface area (Å²) in [5, 5.41) is 2.89. The van der Waals surface area contributed by atoms with Crippen LogP contribution in [0.2, 0.25) is 0 Å². The Morgan fingerprint density at radius 3 is 2.10 bits per heavy atom. The van der Waals surface area contributed by atoms with Crippen LogP contribution in [-0.4, -0.2) is 0 Å². The summed E-state index contributed by atoms with van der Waals surface area (Å²) in [7, 11) is 0. The molecular weight excluding hydrogens is 260 g/mol. The van der Waals surface area contributed by atoms with Gasteiger partial charge in [0.1, 0.15) is 0 Å². The van der Waals surface area contributed by atoms with Gasteiger partial charge >= 0.3 is 0 Å². The van der Waals surface area contributed by atoms with Gasteiger partial charge in [-0.3, -0.25) is 0 Å². The van der Waals surface area contributed by atoms with Crippen LogP contribution >= 0.6 is 0 Å². The Labute approximate surface area is 124 Å². The van der Waals surface area contributed by atoms with Crippen LogP contribution in [0.1, 0.15) is 25.1 Å². The Bertz CT molecular complexity index is 727. The second-order valence-corrected chi connectivity index (χ2v) is 5.73. The molecule has 1 heterocycles. The summed E-state index contributed by atoms with van der Waals surface area (Å²) in [4.78, 5) is 0. The smallest absolute Gasteiger partial charge is 0.272 e. The van der Waals surface area contributed by atoms with Crippen molar-refractivity contribution in [2.75, 3.05) is 5.73 Å². The molecule has 3 rings (SSSR count). The van der Waals surface area contributed by atoms with Crippen LogP contribution in [0.5, 0.6) is 0 Å². The Balaban J connectivity index is 1.94. The van der Waals surface area contributed by atoms with Crippen LogP contribution in [0.4, 0.5) is 5.88 Å². The normalized spacial score (nSPS) is 11.5. The molecule has 0 atom stereocenters. The molecule has 0 aliphatic rings. The van der Waals surface area contributed by atoms with Crippen LogP contribution < -0.4 is 10.9 Å². The molecular formula is C18H19N2O+. The number of aromatic nitrogens is 1. The van der Waals surface area contributed by atoms with E-state index in [4.69, 9.17) is 10.3 Å². The highest BCUT2D eigenvalue weighted by molar-refractivity contribution is 5.63. The molecule has 0 bridgehead atoms. The first kappa shape index (κ1) is 13.4. The lowest BCUT2D eigenvalue weighted by atomic mass is 9.81. The van der Waals surface area contributed by atoms with Crippen molar-refractivity contribution in [2.45, 2.75) is 19.3 Å². The minimum Gasteiger partial charge on any atom is -0.364 e. The van der Waals surface area contributed by atoms with Gasteiger partial charge in [-0.05, 0) is 35.7 Å². The lowest BCUT2D eigenvalue weighted by molar-refractivity contribution is -0.615. The Morgan fingerprint density at radius 1 is 0.905 bits per heavy atom. The molecule has 3 nitrogen and oxygen atoms in total. The third-order valence-electron chi connectivity index (χ3n) is 3.95. The Morgan fingerprint density at radius 2 is 1.52 bits per heavy atom. The van der Waals surface area contributed by atoms with Crippen molar-refractivity contribution < 1.29 is 9.68 Å². The summed E-state index contributed by atoms with van der Waals surface area (Å²) < 4.78 is 5.12. The fourth-order valence-corrected chi connectivity index (χ4v) is 2.49. The molecule has 0 radical (unpaired) electrons. The van der Waals surface area contributed by atoms with E-state index in [0.29, 0.717) is 5.88 Å². The predicted molar refractivity (Wildman–Crippen MR) is 83.7 cm³/mol. The van der Waals surface area contributed by atoms with Gasteiger partial charge in [0.2, 0.25) is 5.69 Å². The van der Waals surface area contributed by atoms with Gasteiger partial charge in [0.15, 0.2) is 0 Å². The van der Waals surface area contributed by atoms with Crippen molar-refractivity contribution in [2.24, 2.45) is 0 Å². The maximum absolute atomic E-state index is 5.66. The maximum atomic E-state index is 5.66. The number of benzene rings is 2. The number of anilines is 1. The number of hydrogen-bond acceptors (Lipinski definition) is 2. The standard InChI is InChI=1S/C18H18N2O/c1-18(2,16-12-17(19)21-20-16)15-10-8-14(9-11-15)13-6-4-3-5-7-13/h3-12H,19H2,1-2H3/p+1. The molecule has 1 aromatic heterocycles. The third-order valence-corrected chi connectivity index (χ3v) is 3.95. The molecule has 0 saturated heterocycles. The maximum Gasteiger partial charge on any atom is 0.272 e. The largest absolute Gasteiger partial charge is 0.364 e. The second kappa shape index (κ2) is 5.09. The van der Waals surface area contributed by atoms with Crippen molar-refractivity contribution in [1.82, 2.24) is 0 Å². The van der Waals surface area contributed by atoms with Crippen molar-refractivity contribution in [3.05, 3.63) is 71.9 Å². The van der Waals surface area contributed by atoms with Crippen LogP contribution in [0, 0.1) is 0 Å². The summed E-state index contributed by atoms with van der Waals surface area (Å²) in [6, 6.07) is 20.8. The first-order valence-corrected chi connectivity index (χ1v) is 7.01. The van der Waals surface area contributed by atoms with E-state index in [1.54, 1.807) is 0 Å². The molecule has 0 amide bonds.